The normalized spacial score (nSPS) is 17.7. The summed E-state index contributed by atoms with van der Waals surface area (Å²) in [6.45, 7) is 1.65. The number of benzene rings is 1. The average molecular weight is 307 g/mol. The molecule has 0 aliphatic carbocycles. The van der Waals surface area contributed by atoms with Crippen LogP contribution in [0.15, 0.2) is 24.3 Å². The van der Waals surface area contributed by atoms with Gasteiger partial charge in [0.2, 0.25) is 11.8 Å². The summed E-state index contributed by atoms with van der Waals surface area (Å²) in [5.74, 6) is -0.561. The van der Waals surface area contributed by atoms with Gasteiger partial charge in [0.1, 0.15) is 5.82 Å². The lowest BCUT2D eigenvalue weighted by atomic mass is 10.1. The largest absolute Gasteiger partial charge is 0.372 e. The van der Waals surface area contributed by atoms with Crippen LogP contribution in [-0.2, 0) is 9.59 Å². The minimum atomic E-state index is -0.249. The molecular weight excluding hydrogens is 285 g/mol. The van der Waals surface area contributed by atoms with Gasteiger partial charge >= 0.3 is 0 Å². The van der Waals surface area contributed by atoms with Crippen molar-refractivity contribution in [3.05, 3.63) is 30.1 Å². The van der Waals surface area contributed by atoms with Crippen molar-refractivity contribution >= 4 is 17.5 Å². The zero-order chi connectivity index (χ0) is 16.1. The summed E-state index contributed by atoms with van der Waals surface area (Å²) in [5.41, 5.74) is 0.553. The Labute approximate surface area is 130 Å². The van der Waals surface area contributed by atoms with E-state index in [0.717, 1.165) is 0 Å². The molecule has 1 N–H and O–H groups in total. The summed E-state index contributed by atoms with van der Waals surface area (Å²) in [4.78, 5) is 26.7. The lowest BCUT2D eigenvalue weighted by Crippen LogP contribution is -2.34. The molecule has 1 atom stereocenters. The number of rotatable bonds is 6. The Morgan fingerprint density at radius 1 is 1.45 bits per heavy atom. The molecule has 1 saturated heterocycles. The maximum absolute atomic E-state index is 13.6. The Hall–Kier alpha value is -2.11. The van der Waals surface area contributed by atoms with E-state index in [1.54, 1.807) is 30.1 Å². The SMILES string of the molecule is CN1C[C@H](C(=O)NCCCN(C)c2ccccc2F)CC1=O. The topological polar surface area (TPSA) is 52.7 Å². The minimum absolute atomic E-state index is 0.0134. The third-order valence-electron chi connectivity index (χ3n) is 3.95. The lowest BCUT2D eigenvalue weighted by Gasteiger charge is -2.20. The van der Waals surface area contributed by atoms with Gasteiger partial charge in [-0.2, -0.15) is 0 Å². The molecule has 1 heterocycles. The van der Waals surface area contributed by atoms with Gasteiger partial charge in [0.05, 0.1) is 11.6 Å². The van der Waals surface area contributed by atoms with Crippen LogP contribution in [0.25, 0.3) is 0 Å². The van der Waals surface area contributed by atoms with E-state index >= 15 is 0 Å². The van der Waals surface area contributed by atoms with E-state index in [2.05, 4.69) is 5.32 Å². The van der Waals surface area contributed by atoms with Crippen LogP contribution in [0.1, 0.15) is 12.8 Å². The first-order valence-electron chi connectivity index (χ1n) is 7.46. The Kier molecular flexibility index (Phi) is 5.35. The number of carbonyl (C=O) groups excluding carboxylic acids is 2. The fourth-order valence-corrected chi connectivity index (χ4v) is 2.59. The fourth-order valence-electron chi connectivity index (χ4n) is 2.59. The number of para-hydroxylation sites is 1. The van der Waals surface area contributed by atoms with Gasteiger partial charge in [0, 0.05) is 40.2 Å². The summed E-state index contributed by atoms with van der Waals surface area (Å²) in [5, 5.41) is 2.85. The molecular formula is C16H22FN3O2. The molecule has 0 bridgehead atoms. The molecule has 2 rings (SSSR count). The Morgan fingerprint density at radius 2 is 2.18 bits per heavy atom. The second-order valence-corrected chi connectivity index (χ2v) is 5.69. The number of anilines is 1. The van der Waals surface area contributed by atoms with E-state index in [-0.39, 0.29) is 30.0 Å². The number of halogens is 1. The van der Waals surface area contributed by atoms with Crippen LogP contribution >= 0.6 is 0 Å². The molecule has 0 spiro atoms. The lowest BCUT2D eigenvalue weighted by molar-refractivity contribution is -0.128. The van der Waals surface area contributed by atoms with Crippen molar-refractivity contribution in [2.24, 2.45) is 5.92 Å². The maximum Gasteiger partial charge on any atom is 0.225 e. The standard InChI is InChI=1S/C16H22FN3O2/c1-19(14-7-4-3-6-13(14)17)9-5-8-18-16(22)12-10-15(21)20(2)11-12/h3-4,6-7,12H,5,8-11H2,1-2H3,(H,18,22)/t12-/m1/s1. The Balaban J connectivity index is 1.70. The van der Waals surface area contributed by atoms with E-state index in [4.69, 9.17) is 0 Å². The molecule has 1 aromatic rings. The molecule has 1 aliphatic rings. The quantitative estimate of drug-likeness (QED) is 0.805. The molecule has 5 nitrogen and oxygen atoms in total. The average Bonchev–Trinajstić information content (AvgIpc) is 2.83. The van der Waals surface area contributed by atoms with Crippen molar-refractivity contribution in [1.29, 1.82) is 0 Å². The molecule has 0 unspecified atom stereocenters. The van der Waals surface area contributed by atoms with Crippen molar-refractivity contribution in [2.45, 2.75) is 12.8 Å². The van der Waals surface area contributed by atoms with E-state index in [1.807, 2.05) is 11.9 Å². The maximum atomic E-state index is 13.6. The van der Waals surface area contributed by atoms with Gasteiger partial charge in [-0.15, -0.1) is 0 Å². The number of likely N-dealkylation sites (tertiary alicyclic amines) is 1. The number of nitrogens with zero attached hydrogens (tertiary/aromatic N) is 2. The fraction of sp³-hybridized carbons (Fsp3) is 0.500. The number of nitrogens with one attached hydrogen (secondary N) is 1. The molecule has 0 radical (unpaired) electrons. The van der Waals surface area contributed by atoms with Crippen LogP contribution < -0.4 is 10.2 Å². The van der Waals surface area contributed by atoms with Crippen molar-refractivity contribution in [3.8, 4) is 0 Å². The Bertz CT molecular complexity index is 550. The van der Waals surface area contributed by atoms with Crippen LogP contribution in [0.2, 0.25) is 0 Å². The summed E-state index contributed by atoms with van der Waals surface area (Å²) in [7, 11) is 3.53. The number of hydrogen-bond donors (Lipinski definition) is 1. The van der Waals surface area contributed by atoms with E-state index < -0.39 is 0 Å². The molecule has 0 aromatic heterocycles. The summed E-state index contributed by atoms with van der Waals surface area (Å²) >= 11 is 0. The predicted molar refractivity (Wildman–Crippen MR) is 83.0 cm³/mol. The number of carbonyl (C=O) groups is 2. The molecule has 1 fully saturated rings. The van der Waals surface area contributed by atoms with Crippen molar-refractivity contribution < 1.29 is 14.0 Å². The van der Waals surface area contributed by atoms with Crippen molar-refractivity contribution in [2.75, 3.05) is 38.6 Å². The molecule has 22 heavy (non-hydrogen) atoms. The van der Waals surface area contributed by atoms with Gasteiger partial charge in [-0.1, -0.05) is 12.1 Å². The molecule has 2 amide bonds. The van der Waals surface area contributed by atoms with E-state index in [0.29, 0.717) is 31.7 Å². The summed E-state index contributed by atoms with van der Waals surface area (Å²) < 4.78 is 13.6. The summed E-state index contributed by atoms with van der Waals surface area (Å²) in [6, 6.07) is 6.62. The highest BCUT2D eigenvalue weighted by Gasteiger charge is 2.31. The van der Waals surface area contributed by atoms with Crippen LogP contribution in [0.4, 0.5) is 10.1 Å². The smallest absolute Gasteiger partial charge is 0.225 e. The van der Waals surface area contributed by atoms with Crippen LogP contribution in [0.5, 0.6) is 0 Å². The summed E-state index contributed by atoms with van der Waals surface area (Å²) in [6.07, 6.45) is 1.00. The second kappa shape index (κ2) is 7.24. The number of amides is 2. The minimum Gasteiger partial charge on any atom is -0.372 e. The van der Waals surface area contributed by atoms with Crippen LogP contribution in [0, 0.1) is 11.7 Å². The zero-order valence-electron chi connectivity index (χ0n) is 13.0. The molecule has 1 aliphatic heterocycles. The van der Waals surface area contributed by atoms with E-state index in [1.165, 1.54) is 6.07 Å². The highest BCUT2D eigenvalue weighted by atomic mass is 19.1. The first-order chi connectivity index (χ1) is 10.5. The van der Waals surface area contributed by atoms with Crippen LogP contribution in [-0.4, -0.2) is 50.4 Å². The third kappa shape index (κ3) is 3.96. The molecule has 120 valence electrons. The van der Waals surface area contributed by atoms with Gasteiger partial charge < -0.3 is 15.1 Å². The predicted octanol–water partition coefficient (Wildman–Crippen LogP) is 1.25. The van der Waals surface area contributed by atoms with Gasteiger partial charge in [-0.3, -0.25) is 9.59 Å². The Morgan fingerprint density at radius 3 is 2.82 bits per heavy atom. The van der Waals surface area contributed by atoms with Gasteiger partial charge in [0.15, 0.2) is 0 Å². The third-order valence-corrected chi connectivity index (χ3v) is 3.95. The number of hydrogen-bond acceptors (Lipinski definition) is 3. The second-order valence-electron chi connectivity index (χ2n) is 5.69. The van der Waals surface area contributed by atoms with Crippen LogP contribution in [0.3, 0.4) is 0 Å². The van der Waals surface area contributed by atoms with Crippen molar-refractivity contribution in [3.63, 3.8) is 0 Å². The molecule has 0 saturated carbocycles. The highest BCUT2D eigenvalue weighted by Crippen LogP contribution is 2.17. The molecule has 6 heteroatoms. The first-order valence-corrected chi connectivity index (χ1v) is 7.46. The zero-order valence-corrected chi connectivity index (χ0v) is 13.0. The molecule has 1 aromatic carbocycles. The highest BCUT2D eigenvalue weighted by molar-refractivity contribution is 5.89. The van der Waals surface area contributed by atoms with E-state index in [9.17, 15) is 14.0 Å². The first kappa shape index (κ1) is 16.3. The van der Waals surface area contributed by atoms with Gasteiger partial charge in [-0.05, 0) is 18.6 Å². The monoisotopic (exact) mass is 307 g/mol. The van der Waals surface area contributed by atoms with Crippen molar-refractivity contribution in [1.82, 2.24) is 10.2 Å². The van der Waals surface area contributed by atoms with Gasteiger partial charge in [0.25, 0.3) is 0 Å². The van der Waals surface area contributed by atoms with Gasteiger partial charge in [-0.25, -0.2) is 4.39 Å².